The highest BCUT2D eigenvalue weighted by Crippen LogP contribution is 2.41. The zero-order valence-electron chi connectivity index (χ0n) is 9.80. The molecule has 1 aliphatic rings. The molecule has 1 N–H and O–H groups in total. The molecule has 0 aromatic heterocycles. The van der Waals surface area contributed by atoms with Crippen LogP contribution in [0.2, 0.25) is 0 Å². The van der Waals surface area contributed by atoms with Crippen molar-refractivity contribution in [1.29, 1.82) is 0 Å². The lowest BCUT2D eigenvalue weighted by Gasteiger charge is -2.27. The van der Waals surface area contributed by atoms with Crippen LogP contribution in [0.4, 0.5) is 8.78 Å². The average molecular weight is 242 g/mol. The Labute approximate surface area is 99.3 Å². The molecule has 1 aliphatic carbocycles. The molecule has 0 radical (unpaired) electrons. The van der Waals surface area contributed by atoms with E-state index in [-0.39, 0.29) is 24.0 Å². The van der Waals surface area contributed by atoms with Crippen LogP contribution in [0, 0.1) is 0 Å². The molecule has 0 aromatic carbocycles. The van der Waals surface area contributed by atoms with Crippen molar-refractivity contribution in [2.45, 2.75) is 38.5 Å². The lowest BCUT2D eigenvalue weighted by molar-refractivity contribution is -0.132. The predicted octanol–water partition coefficient (Wildman–Crippen LogP) is 3.71. The molecule has 0 bridgehead atoms. The standard InChI is InChI=1S/C13H16F2O2/c1-3-5-9-6-7-13(14,15)8-11(9)10(4-2)12(16)17/h4-5H,2-3,6-8H2,1H3,(H,16,17)/b9-5+,11-10+. The predicted molar refractivity (Wildman–Crippen MR) is 62.0 cm³/mol. The summed E-state index contributed by atoms with van der Waals surface area (Å²) in [6.07, 6.45) is 3.16. The van der Waals surface area contributed by atoms with E-state index >= 15 is 0 Å². The van der Waals surface area contributed by atoms with Crippen LogP contribution in [0.3, 0.4) is 0 Å². The Hall–Kier alpha value is -1.45. The summed E-state index contributed by atoms with van der Waals surface area (Å²) in [5, 5.41) is 8.98. The number of hydrogen-bond acceptors (Lipinski definition) is 1. The minimum atomic E-state index is -2.82. The van der Waals surface area contributed by atoms with Gasteiger partial charge in [-0.25, -0.2) is 13.6 Å². The highest BCUT2D eigenvalue weighted by molar-refractivity contribution is 5.91. The number of alkyl halides is 2. The van der Waals surface area contributed by atoms with Gasteiger partial charge in [-0.3, -0.25) is 0 Å². The monoisotopic (exact) mass is 242 g/mol. The van der Waals surface area contributed by atoms with Crippen molar-refractivity contribution in [3.8, 4) is 0 Å². The fourth-order valence-electron chi connectivity index (χ4n) is 2.01. The van der Waals surface area contributed by atoms with Gasteiger partial charge in [-0.2, -0.15) is 0 Å². The van der Waals surface area contributed by atoms with Crippen LogP contribution >= 0.6 is 0 Å². The van der Waals surface area contributed by atoms with Crippen molar-refractivity contribution >= 4 is 5.97 Å². The molecule has 2 nitrogen and oxygen atoms in total. The maximum absolute atomic E-state index is 13.3. The summed E-state index contributed by atoms with van der Waals surface area (Å²) >= 11 is 0. The van der Waals surface area contributed by atoms with Crippen molar-refractivity contribution in [2.75, 3.05) is 0 Å². The van der Waals surface area contributed by atoms with Crippen LogP contribution in [-0.2, 0) is 4.79 Å². The minimum Gasteiger partial charge on any atom is -0.478 e. The number of halogens is 2. The van der Waals surface area contributed by atoms with Crippen molar-refractivity contribution < 1.29 is 18.7 Å². The maximum Gasteiger partial charge on any atom is 0.335 e. The molecule has 0 heterocycles. The molecule has 0 atom stereocenters. The third-order valence-electron chi connectivity index (χ3n) is 2.79. The van der Waals surface area contributed by atoms with Crippen LogP contribution in [0.1, 0.15) is 32.6 Å². The number of aliphatic carboxylic acids is 1. The molecule has 0 saturated heterocycles. The molecule has 4 heteroatoms. The van der Waals surface area contributed by atoms with Gasteiger partial charge in [-0.1, -0.05) is 25.7 Å². The Morgan fingerprint density at radius 1 is 1.59 bits per heavy atom. The van der Waals surface area contributed by atoms with Crippen molar-refractivity contribution in [2.24, 2.45) is 0 Å². The van der Waals surface area contributed by atoms with E-state index in [0.717, 1.165) is 11.6 Å². The second kappa shape index (κ2) is 5.25. The normalized spacial score (nSPS) is 24.5. The summed E-state index contributed by atoms with van der Waals surface area (Å²) in [7, 11) is 0. The molecule has 17 heavy (non-hydrogen) atoms. The highest BCUT2D eigenvalue weighted by atomic mass is 19.3. The summed E-state index contributed by atoms with van der Waals surface area (Å²) in [5.41, 5.74) is 0.838. The number of rotatable bonds is 3. The van der Waals surface area contributed by atoms with E-state index in [9.17, 15) is 13.6 Å². The number of carboxylic acids is 1. The van der Waals surface area contributed by atoms with Crippen LogP contribution in [-0.4, -0.2) is 17.0 Å². The Morgan fingerprint density at radius 2 is 2.24 bits per heavy atom. The molecule has 1 rings (SSSR count). The average Bonchev–Trinajstić information content (AvgIpc) is 2.22. The van der Waals surface area contributed by atoms with Gasteiger partial charge in [-0.15, -0.1) is 0 Å². The Kier molecular flexibility index (Phi) is 4.21. The first-order chi connectivity index (χ1) is 7.91. The van der Waals surface area contributed by atoms with Crippen molar-refractivity contribution in [3.63, 3.8) is 0 Å². The first kappa shape index (κ1) is 13.6. The fraction of sp³-hybridized carbons (Fsp3) is 0.462. The van der Waals surface area contributed by atoms with Crippen molar-refractivity contribution in [3.05, 3.63) is 35.5 Å². The van der Waals surface area contributed by atoms with Crippen molar-refractivity contribution in [1.82, 2.24) is 0 Å². The summed E-state index contributed by atoms with van der Waals surface area (Å²) in [6.45, 7) is 5.28. The fourth-order valence-corrected chi connectivity index (χ4v) is 2.01. The largest absolute Gasteiger partial charge is 0.478 e. The van der Waals surface area contributed by atoms with Gasteiger partial charge < -0.3 is 5.11 Å². The quantitative estimate of drug-likeness (QED) is 0.766. The van der Waals surface area contributed by atoms with Gasteiger partial charge in [0.25, 0.3) is 5.92 Å². The lowest BCUT2D eigenvalue weighted by atomic mass is 9.83. The molecule has 0 aliphatic heterocycles. The van der Waals surface area contributed by atoms with E-state index in [1.54, 1.807) is 0 Å². The van der Waals surface area contributed by atoms with Gasteiger partial charge in [0.05, 0.1) is 5.57 Å². The van der Waals surface area contributed by atoms with Crippen LogP contribution in [0.15, 0.2) is 35.5 Å². The molecular formula is C13H16F2O2. The molecule has 0 aromatic rings. The number of carboxylic acid groups (broad SMARTS) is 1. The topological polar surface area (TPSA) is 37.3 Å². The number of hydrogen-bond donors (Lipinski definition) is 1. The summed E-state index contributed by atoms with van der Waals surface area (Å²) in [4.78, 5) is 11.0. The van der Waals surface area contributed by atoms with Gasteiger partial charge in [-0.05, 0) is 24.0 Å². The van der Waals surface area contributed by atoms with Crippen LogP contribution in [0.5, 0.6) is 0 Å². The Bertz CT molecular complexity index is 392. The molecule has 94 valence electrons. The van der Waals surface area contributed by atoms with E-state index in [2.05, 4.69) is 6.58 Å². The first-order valence-electron chi connectivity index (χ1n) is 5.57. The minimum absolute atomic E-state index is 0.107. The zero-order chi connectivity index (χ0) is 13.1. The summed E-state index contributed by atoms with van der Waals surface area (Å²) < 4.78 is 26.7. The van der Waals surface area contributed by atoms with Gasteiger partial charge in [0.1, 0.15) is 0 Å². The molecular weight excluding hydrogens is 226 g/mol. The molecule has 0 spiro atoms. The molecule has 1 saturated carbocycles. The third kappa shape index (κ3) is 3.25. The zero-order valence-corrected chi connectivity index (χ0v) is 9.80. The third-order valence-corrected chi connectivity index (χ3v) is 2.79. The summed E-state index contributed by atoms with van der Waals surface area (Å²) in [5.74, 6) is -4.01. The van der Waals surface area contributed by atoms with Gasteiger partial charge in [0, 0.05) is 12.8 Å². The van der Waals surface area contributed by atoms with E-state index < -0.39 is 18.3 Å². The van der Waals surface area contributed by atoms with E-state index in [4.69, 9.17) is 5.11 Å². The second-order valence-electron chi connectivity index (χ2n) is 4.07. The number of carbonyl (C=O) groups is 1. The second-order valence-corrected chi connectivity index (χ2v) is 4.07. The molecule has 1 fully saturated rings. The SMILES string of the molecule is C=C/C(C(=O)O)=C1/CC(F)(F)CC/C1=C\CC. The van der Waals surface area contributed by atoms with E-state index in [1.807, 2.05) is 13.0 Å². The van der Waals surface area contributed by atoms with Gasteiger partial charge in [0.15, 0.2) is 0 Å². The van der Waals surface area contributed by atoms with Crippen LogP contribution < -0.4 is 0 Å². The van der Waals surface area contributed by atoms with E-state index in [1.165, 1.54) is 0 Å². The van der Waals surface area contributed by atoms with Crippen LogP contribution in [0.25, 0.3) is 0 Å². The lowest BCUT2D eigenvalue weighted by Crippen LogP contribution is -2.24. The summed E-state index contributed by atoms with van der Waals surface area (Å²) in [6, 6.07) is 0. The maximum atomic E-state index is 13.3. The smallest absolute Gasteiger partial charge is 0.335 e. The van der Waals surface area contributed by atoms with E-state index in [0.29, 0.717) is 6.42 Å². The Morgan fingerprint density at radius 3 is 2.71 bits per heavy atom. The molecule has 0 amide bonds. The first-order valence-corrected chi connectivity index (χ1v) is 5.57. The number of allylic oxidation sites excluding steroid dienone is 3. The Balaban J connectivity index is 3.24. The van der Waals surface area contributed by atoms with Gasteiger partial charge >= 0.3 is 5.97 Å². The van der Waals surface area contributed by atoms with Gasteiger partial charge in [0.2, 0.25) is 0 Å². The highest BCUT2D eigenvalue weighted by Gasteiger charge is 2.37. The molecule has 0 unspecified atom stereocenters.